The number of alkyl halides is 3. The minimum atomic E-state index is -4.69. The van der Waals surface area contributed by atoms with Crippen molar-refractivity contribution in [2.24, 2.45) is 7.05 Å². The topological polar surface area (TPSA) is 81.4 Å². The Kier molecular flexibility index (Phi) is 3.82. The van der Waals surface area contributed by atoms with Gasteiger partial charge in [0.25, 0.3) is 5.56 Å². The van der Waals surface area contributed by atoms with Crippen molar-refractivity contribution in [3.05, 3.63) is 33.7 Å². The van der Waals surface area contributed by atoms with Crippen LogP contribution in [0, 0.1) is 0 Å². The van der Waals surface area contributed by atoms with Crippen molar-refractivity contribution in [2.75, 3.05) is 6.61 Å². The lowest BCUT2D eigenvalue weighted by Crippen LogP contribution is -2.27. The Bertz CT molecular complexity index is 812. The maximum absolute atomic E-state index is 12.7. The van der Waals surface area contributed by atoms with Crippen LogP contribution >= 0.6 is 0 Å². The molecule has 0 aliphatic rings. The first kappa shape index (κ1) is 15.8. The largest absolute Gasteiger partial charge is 0.506 e. The Balaban J connectivity index is 2.81. The number of pyridine rings is 2. The molecule has 2 rings (SSSR count). The standard InChI is InChI=1S/C13H11F3N2O4/c1-3-22-12(21)8-9(19)6-4-5-7(13(14,15)16)17-10(6)18(2)11(8)20/h4-5,19H,3H2,1-2H3. The number of carbonyl (C=O) groups is 1. The summed E-state index contributed by atoms with van der Waals surface area (Å²) < 4.78 is 43.4. The summed E-state index contributed by atoms with van der Waals surface area (Å²) in [5.41, 5.74) is -3.22. The number of aromatic nitrogens is 2. The molecule has 118 valence electrons. The Morgan fingerprint density at radius 2 is 2.05 bits per heavy atom. The van der Waals surface area contributed by atoms with Crippen LogP contribution in [0.25, 0.3) is 11.0 Å². The molecule has 0 saturated heterocycles. The van der Waals surface area contributed by atoms with Crippen LogP contribution in [0.2, 0.25) is 0 Å². The zero-order valence-electron chi connectivity index (χ0n) is 11.6. The van der Waals surface area contributed by atoms with Crippen LogP contribution in [0.5, 0.6) is 5.75 Å². The quantitative estimate of drug-likeness (QED) is 0.855. The van der Waals surface area contributed by atoms with Crippen molar-refractivity contribution in [1.29, 1.82) is 0 Å². The molecular weight excluding hydrogens is 305 g/mol. The highest BCUT2D eigenvalue weighted by molar-refractivity contribution is 5.98. The number of hydrogen-bond acceptors (Lipinski definition) is 5. The molecule has 0 saturated carbocycles. The lowest BCUT2D eigenvalue weighted by Gasteiger charge is -2.12. The number of esters is 1. The normalized spacial score (nSPS) is 11.7. The number of hydrogen-bond donors (Lipinski definition) is 1. The van der Waals surface area contributed by atoms with E-state index in [1.807, 2.05) is 0 Å². The fourth-order valence-electron chi connectivity index (χ4n) is 1.93. The average molecular weight is 316 g/mol. The molecule has 0 unspecified atom stereocenters. The first-order chi connectivity index (χ1) is 10.2. The second-order valence-corrected chi connectivity index (χ2v) is 4.37. The van der Waals surface area contributed by atoms with Gasteiger partial charge in [-0.2, -0.15) is 13.2 Å². The van der Waals surface area contributed by atoms with E-state index in [9.17, 15) is 27.9 Å². The summed E-state index contributed by atoms with van der Waals surface area (Å²) in [7, 11) is 1.15. The zero-order chi connectivity index (χ0) is 16.7. The summed E-state index contributed by atoms with van der Waals surface area (Å²) in [5.74, 6) is -1.81. The Labute approximate surface area is 121 Å². The van der Waals surface area contributed by atoms with Gasteiger partial charge in [0.15, 0.2) is 5.56 Å². The molecule has 2 aromatic rings. The van der Waals surface area contributed by atoms with Gasteiger partial charge in [-0.3, -0.25) is 9.36 Å². The van der Waals surface area contributed by atoms with Gasteiger partial charge in [-0.15, -0.1) is 0 Å². The number of rotatable bonds is 2. The maximum atomic E-state index is 12.7. The van der Waals surface area contributed by atoms with Crippen LogP contribution in [0.1, 0.15) is 23.0 Å². The maximum Gasteiger partial charge on any atom is 0.433 e. The van der Waals surface area contributed by atoms with Crippen molar-refractivity contribution in [1.82, 2.24) is 9.55 Å². The van der Waals surface area contributed by atoms with Gasteiger partial charge in [0.2, 0.25) is 0 Å². The Morgan fingerprint density at radius 1 is 1.41 bits per heavy atom. The molecule has 6 nitrogen and oxygen atoms in total. The predicted octanol–water partition coefficient (Wildman–Crippen LogP) is 1.83. The molecule has 0 radical (unpaired) electrons. The summed E-state index contributed by atoms with van der Waals surface area (Å²) in [5, 5.41) is 9.86. The van der Waals surface area contributed by atoms with E-state index in [2.05, 4.69) is 9.72 Å². The molecule has 0 fully saturated rings. The van der Waals surface area contributed by atoms with Crippen LogP contribution in [0.4, 0.5) is 13.2 Å². The molecule has 2 heterocycles. The summed E-state index contributed by atoms with van der Waals surface area (Å²) in [6.45, 7) is 1.49. The fourth-order valence-corrected chi connectivity index (χ4v) is 1.93. The fraction of sp³-hybridized carbons (Fsp3) is 0.308. The molecule has 0 atom stereocenters. The Hall–Kier alpha value is -2.58. The van der Waals surface area contributed by atoms with Crippen LogP contribution in [-0.4, -0.2) is 27.2 Å². The van der Waals surface area contributed by atoms with Gasteiger partial charge in [0.05, 0.1) is 12.0 Å². The van der Waals surface area contributed by atoms with Gasteiger partial charge >= 0.3 is 12.1 Å². The minimum Gasteiger partial charge on any atom is -0.506 e. The van der Waals surface area contributed by atoms with Gasteiger partial charge in [0, 0.05) is 7.05 Å². The average Bonchev–Trinajstić information content (AvgIpc) is 2.44. The van der Waals surface area contributed by atoms with E-state index in [0.29, 0.717) is 6.07 Å². The lowest BCUT2D eigenvalue weighted by molar-refractivity contribution is -0.141. The third-order valence-electron chi connectivity index (χ3n) is 2.97. The van der Waals surface area contributed by atoms with E-state index < -0.39 is 34.7 Å². The highest BCUT2D eigenvalue weighted by Crippen LogP contribution is 2.31. The number of carbonyl (C=O) groups excluding carboxylic acids is 1. The first-order valence-electron chi connectivity index (χ1n) is 6.15. The predicted molar refractivity (Wildman–Crippen MR) is 69.6 cm³/mol. The van der Waals surface area contributed by atoms with E-state index in [0.717, 1.165) is 17.7 Å². The van der Waals surface area contributed by atoms with Crippen molar-refractivity contribution in [2.45, 2.75) is 13.1 Å². The first-order valence-corrected chi connectivity index (χ1v) is 6.15. The van der Waals surface area contributed by atoms with Crippen LogP contribution < -0.4 is 5.56 Å². The lowest BCUT2D eigenvalue weighted by atomic mass is 10.1. The van der Waals surface area contributed by atoms with E-state index >= 15 is 0 Å². The summed E-state index contributed by atoms with van der Waals surface area (Å²) in [4.78, 5) is 27.1. The third-order valence-corrected chi connectivity index (χ3v) is 2.97. The SMILES string of the molecule is CCOC(=O)c1c(O)c2ccc(C(F)(F)F)nc2n(C)c1=O. The van der Waals surface area contributed by atoms with Gasteiger partial charge in [-0.1, -0.05) is 0 Å². The number of halogens is 3. The van der Waals surface area contributed by atoms with E-state index in [-0.39, 0.29) is 17.6 Å². The molecule has 0 spiro atoms. The molecule has 0 aliphatic heterocycles. The number of fused-ring (bicyclic) bond motifs is 1. The minimum absolute atomic E-state index is 0.0231. The molecule has 0 aromatic carbocycles. The van der Waals surface area contributed by atoms with Crippen LogP contribution in [-0.2, 0) is 18.0 Å². The molecular formula is C13H11F3N2O4. The molecule has 22 heavy (non-hydrogen) atoms. The van der Waals surface area contributed by atoms with Gasteiger partial charge in [-0.25, -0.2) is 9.78 Å². The highest BCUT2D eigenvalue weighted by atomic mass is 19.4. The van der Waals surface area contributed by atoms with E-state index in [4.69, 9.17) is 0 Å². The summed E-state index contributed by atoms with van der Waals surface area (Å²) >= 11 is 0. The summed E-state index contributed by atoms with van der Waals surface area (Å²) in [6, 6.07) is 1.60. The molecule has 2 aromatic heterocycles. The molecule has 0 amide bonds. The van der Waals surface area contributed by atoms with Crippen molar-refractivity contribution >= 4 is 17.0 Å². The molecule has 0 aliphatic carbocycles. The monoisotopic (exact) mass is 316 g/mol. The number of nitrogens with zero attached hydrogens (tertiary/aromatic N) is 2. The van der Waals surface area contributed by atoms with Crippen molar-refractivity contribution in [3.8, 4) is 5.75 Å². The van der Waals surface area contributed by atoms with Gasteiger partial charge < -0.3 is 9.84 Å². The third kappa shape index (κ3) is 2.49. The van der Waals surface area contributed by atoms with E-state index in [1.165, 1.54) is 6.92 Å². The van der Waals surface area contributed by atoms with Crippen molar-refractivity contribution in [3.63, 3.8) is 0 Å². The van der Waals surface area contributed by atoms with Crippen LogP contribution in [0.15, 0.2) is 16.9 Å². The number of aryl methyl sites for hydroxylation is 1. The smallest absolute Gasteiger partial charge is 0.433 e. The molecule has 9 heteroatoms. The second kappa shape index (κ2) is 5.32. The Morgan fingerprint density at radius 3 is 2.59 bits per heavy atom. The number of aromatic hydroxyl groups is 1. The zero-order valence-corrected chi connectivity index (χ0v) is 11.6. The van der Waals surface area contributed by atoms with Gasteiger partial charge in [0.1, 0.15) is 17.1 Å². The van der Waals surface area contributed by atoms with Gasteiger partial charge in [-0.05, 0) is 19.1 Å². The second-order valence-electron chi connectivity index (χ2n) is 4.37. The van der Waals surface area contributed by atoms with E-state index in [1.54, 1.807) is 0 Å². The van der Waals surface area contributed by atoms with Crippen LogP contribution in [0.3, 0.4) is 0 Å². The van der Waals surface area contributed by atoms with Crippen molar-refractivity contribution < 1.29 is 27.8 Å². The molecule has 0 bridgehead atoms. The highest BCUT2D eigenvalue weighted by Gasteiger charge is 2.33. The molecule has 1 N–H and O–H groups in total. The summed E-state index contributed by atoms with van der Waals surface area (Å²) in [6.07, 6.45) is -4.69. The number of ether oxygens (including phenoxy) is 1.